The smallest absolute Gasteiger partial charge is 0.191 e. The normalized spacial score (nSPS) is 23.8. The van der Waals surface area contributed by atoms with Crippen LogP contribution in [0.5, 0.6) is 0 Å². The molecule has 0 radical (unpaired) electrons. The molecule has 1 aliphatic rings. The first-order chi connectivity index (χ1) is 11.0. The zero-order valence-corrected chi connectivity index (χ0v) is 19.5. The van der Waals surface area contributed by atoms with E-state index in [1.54, 1.807) is 10.8 Å². The highest BCUT2D eigenvalue weighted by atomic mass is 28.4. The molecular formula is C21H40OSi2. The van der Waals surface area contributed by atoms with Gasteiger partial charge in [-0.1, -0.05) is 75.5 Å². The molecule has 0 heterocycles. The van der Waals surface area contributed by atoms with Crippen LogP contribution >= 0.6 is 0 Å². The SMILES string of the molecule is CC(C)(C)[Si](C)(C)OCC/C1=C(\[Si](C)(C)C)C/C=C/CC/C=C\C1. The second-order valence-electron chi connectivity index (χ2n) is 9.62. The lowest BCUT2D eigenvalue weighted by atomic mass is 10.1. The van der Waals surface area contributed by atoms with Gasteiger partial charge in [-0.3, -0.25) is 0 Å². The minimum absolute atomic E-state index is 0.294. The lowest BCUT2D eigenvalue weighted by Gasteiger charge is -2.36. The molecule has 0 saturated carbocycles. The summed E-state index contributed by atoms with van der Waals surface area (Å²) in [5, 5.41) is 2.03. The second-order valence-corrected chi connectivity index (χ2v) is 19.5. The Morgan fingerprint density at radius 1 is 0.875 bits per heavy atom. The fourth-order valence-corrected chi connectivity index (χ4v) is 5.92. The number of hydrogen-bond acceptors (Lipinski definition) is 1. The fourth-order valence-electron chi connectivity index (χ4n) is 2.86. The van der Waals surface area contributed by atoms with Gasteiger partial charge in [-0.05, 0) is 50.2 Å². The highest BCUT2D eigenvalue weighted by Crippen LogP contribution is 2.37. The monoisotopic (exact) mass is 364 g/mol. The van der Waals surface area contributed by atoms with Gasteiger partial charge in [0.15, 0.2) is 8.32 Å². The minimum Gasteiger partial charge on any atom is -0.417 e. The van der Waals surface area contributed by atoms with E-state index in [4.69, 9.17) is 4.43 Å². The van der Waals surface area contributed by atoms with Crippen LogP contribution in [0.25, 0.3) is 0 Å². The van der Waals surface area contributed by atoms with Crippen molar-refractivity contribution in [1.82, 2.24) is 0 Å². The first kappa shape index (κ1) is 21.7. The maximum absolute atomic E-state index is 6.46. The van der Waals surface area contributed by atoms with Crippen molar-refractivity contribution >= 4 is 16.4 Å². The standard InChI is InChI=1S/C21H40OSi2/c1-21(2,3)24(7,8)22-18-17-19-15-13-11-9-10-12-14-16-20(19)23(4,5)6/h11-14H,9-10,15-18H2,1-8H3/b13-11-,14-12+,20-19-. The van der Waals surface area contributed by atoms with Gasteiger partial charge in [0.2, 0.25) is 0 Å². The van der Waals surface area contributed by atoms with Crippen LogP contribution in [0.15, 0.2) is 35.1 Å². The van der Waals surface area contributed by atoms with E-state index < -0.39 is 16.4 Å². The number of rotatable bonds is 5. The molecule has 0 aromatic carbocycles. The summed E-state index contributed by atoms with van der Waals surface area (Å²) in [6.45, 7) is 20.0. The molecule has 0 N–H and O–H groups in total. The van der Waals surface area contributed by atoms with E-state index in [1.165, 1.54) is 12.8 Å². The van der Waals surface area contributed by atoms with Gasteiger partial charge in [0.25, 0.3) is 0 Å². The van der Waals surface area contributed by atoms with Crippen LogP contribution in [-0.2, 0) is 4.43 Å². The van der Waals surface area contributed by atoms with Crippen LogP contribution in [0.4, 0.5) is 0 Å². The molecule has 0 aromatic rings. The largest absolute Gasteiger partial charge is 0.417 e. The molecule has 1 rings (SSSR count). The highest BCUT2D eigenvalue weighted by Gasteiger charge is 2.37. The van der Waals surface area contributed by atoms with Gasteiger partial charge in [-0.25, -0.2) is 0 Å². The molecule has 0 bridgehead atoms. The van der Waals surface area contributed by atoms with Gasteiger partial charge in [0, 0.05) is 6.61 Å². The molecule has 0 aliphatic heterocycles. The zero-order valence-electron chi connectivity index (χ0n) is 17.5. The molecule has 1 nitrogen and oxygen atoms in total. The van der Waals surface area contributed by atoms with E-state index in [2.05, 4.69) is 77.8 Å². The van der Waals surface area contributed by atoms with Crippen molar-refractivity contribution in [2.75, 3.05) is 6.61 Å². The van der Waals surface area contributed by atoms with Crippen LogP contribution < -0.4 is 0 Å². The second kappa shape index (κ2) is 8.82. The molecule has 3 heteroatoms. The van der Waals surface area contributed by atoms with Gasteiger partial charge in [0.05, 0.1) is 8.07 Å². The zero-order chi connectivity index (χ0) is 18.4. The number of allylic oxidation sites excluding steroid dienone is 5. The van der Waals surface area contributed by atoms with Crippen molar-refractivity contribution < 1.29 is 4.43 Å². The van der Waals surface area contributed by atoms with Crippen LogP contribution in [0.1, 0.15) is 52.9 Å². The van der Waals surface area contributed by atoms with Gasteiger partial charge in [-0.15, -0.1) is 0 Å². The Morgan fingerprint density at radius 2 is 1.42 bits per heavy atom. The van der Waals surface area contributed by atoms with Crippen molar-refractivity contribution in [3.05, 3.63) is 35.1 Å². The lowest BCUT2D eigenvalue weighted by Crippen LogP contribution is -2.41. The van der Waals surface area contributed by atoms with Crippen LogP contribution in [0.2, 0.25) is 37.8 Å². The topological polar surface area (TPSA) is 9.23 Å². The summed E-state index contributed by atoms with van der Waals surface area (Å²) >= 11 is 0. The van der Waals surface area contributed by atoms with E-state index in [0.717, 1.165) is 25.9 Å². The van der Waals surface area contributed by atoms with Gasteiger partial charge < -0.3 is 4.43 Å². The Hall–Kier alpha value is -0.386. The molecule has 0 amide bonds. The summed E-state index contributed by atoms with van der Waals surface area (Å²) in [7, 11) is -2.94. The Labute approximate surface area is 153 Å². The molecule has 138 valence electrons. The maximum Gasteiger partial charge on any atom is 0.191 e. The summed E-state index contributed by atoms with van der Waals surface area (Å²) in [6.07, 6.45) is 15.2. The van der Waals surface area contributed by atoms with Crippen molar-refractivity contribution in [1.29, 1.82) is 0 Å². The van der Waals surface area contributed by atoms with Gasteiger partial charge >= 0.3 is 0 Å². The van der Waals surface area contributed by atoms with Crippen molar-refractivity contribution in [2.24, 2.45) is 0 Å². The Morgan fingerprint density at radius 3 is 1.92 bits per heavy atom. The first-order valence-electron chi connectivity index (χ1n) is 9.60. The lowest BCUT2D eigenvalue weighted by molar-refractivity contribution is 0.291. The minimum atomic E-state index is -1.64. The Bertz CT molecular complexity index is 485. The molecule has 24 heavy (non-hydrogen) atoms. The summed E-state index contributed by atoms with van der Waals surface area (Å²) in [6, 6.07) is 0. The van der Waals surface area contributed by atoms with Crippen molar-refractivity contribution in [3.63, 3.8) is 0 Å². The third-order valence-corrected chi connectivity index (χ3v) is 12.4. The summed E-state index contributed by atoms with van der Waals surface area (Å²) in [5.74, 6) is 0. The van der Waals surface area contributed by atoms with Crippen molar-refractivity contribution in [2.45, 2.75) is 90.6 Å². The first-order valence-corrected chi connectivity index (χ1v) is 16.0. The molecule has 0 unspecified atom stereocenters. The summed E-state index contributed by atoms with van der Waals surface area (Å²) < 4.78 is 6.46. The molecular weight excluding hydrogens is 324 g/mol. The third-order valence-electron chi connectivity index (χ3n) is 5.52. The average Bonchev–Trinajstić information content (AvgIpc) is 2.42. The van der Waals surface area contributed by atoms with E-state index >= 15 is 0 Å². The van der Waals surface area contributed by atoms with Crippen LogP contribution in [-0.4, -0.2) is 23.0 Å². The molecule has 1 aliphatic carbocycles. The molecule has 0 spiro atoms. The molecule has 0 aromatic heterocycles. The predicted molar refractivity (Wildman–Crippen MR) is 115 cm³/mol. The Kier molecular flexibility index (Phi) is 7.96. The van der Waals surface area contributed by atoms with E-state index in [9.17, 15) is 0 Å². The quantitative estimate of drug-likeness (QED) is 0.368. The predicted octanol–water partition coefficient (Wildman–Crippen LogP) is 7.26. The van der Waals surface area contributed by atoms with Gasteiger partial charge in [-0.2, -0.15) is 0 Å². The fraction of sp³-hybridized carbons (Fsp3) is 0.714. The van der Waals surface area contributed by atoms with Crippen LogP contribution in [0, 0.1) is 0 Å². The third kappa shape index (κ3) is 6.85. The number of hydrogen-bond donors (Lipinski definition) is 0. The van der Waals surface area contributed by atoms with Crippen LogP contribution in [0.3, 0.4) is 0 Å². The summed E-state index contributed by atoms with van der Waals surface area (Å²) in [4.78, 5) is 0. The molecule has 0 atom stereocenters. The average molecular weight is 365 g/mol. The van der Waals surface area contributed by atoms with Gasteiger partial charge in [0.1, 0.15) is 0 Å². The van der Waals surface area contributed by atoms with E-state index in [1.807, 2.05) is 0 Å². The molecule has 0 fully saturated rings. The van der Waals surface area contributed by atoms with E-state index in [-0.39, 0.29) is 0 Å². The van der Waals surface area contributed by atoms with Crippen molar-refractivity contribution in [3.8, 4) is 0 Å². The molecule has 0 saturated heterocycles. The highest BCUT2D eigenvalue weighted by molar-refractivity contribution is 6.83. The summed E-state index contributed by atoms with van der Waals surface area (Å²) in [5.41, 5.74) is 1.65. The van der Waals surface area contributed by atoms with E-state index in [0.29, 0.717) is 5.04 Å². The maximum atomic E-state index is 6.46. The Balaban J connectivity index is 2.93.